The Labute approximate surface area is 114 Å². The molecule has 1 atom stereocenters. The summed E-state index contributed by atoms with van der Waals surface area (Å²) in [6.07, 6.45) is 0.944. The van der Waals surface area contributed by atoms with E-state index in [4.69, 9.17) is 9.84 Å². The lowest BCUT2D eigenvalue weighted by Crippen LogP contribution is -2.39. The molecule has 0 aliphatic carbocycles. The SMILES string of the molecule is CC(C)N(CC(=O)O)CC1CCOc2ccccc21. The van der Waals surface area contributed by atoms with E-state index in [0.29, 0.717) is 12.5 Å². The fourth-order valence-electron chi connectivity index (χ4n) is 2.52. The van der Waals surface area contributed by atoms with Gasteiger partial charge >= 0.3 is 5.97 Å². The predicted octanol–water partition coefficient (Wildman–Crippen LogP) is 2.35. The molecule has 1 unspecified atom stereocenters. The Kier molecular flexibility index (Phi) is 4.43. The standard InChI is InChI=1S/C15H21NO3/c1-11(2)16(10-15(17)18)9-12-7-8-19-14-6-4-3-5-13(12)14/h3-6,11-12H,7-10H2,1-2H3,(H,17,18). The number of para-hydroxylation sites is 1. The van der Waals surface area contributed by atoms with E-state index < -0.39 is 5.97 Å². The zero-order valence-electron chi connectivity index (χ0n) is 11.5. The summed E-state index contributed by atoms with van der Waals surface area (Å²) in [5, 5.41) is 8.99. The normalized spacial score (nSPS) is 18.2. The smallest absolute Gasteiger partial charge is 0.317 e. The number of carboxylic acids is 1. The number of carbonyl (C=O) groups is 1. The van der Waals surface area contributed by atoms with Gasteiger partial charge in [-0.3, -0.25) is 9.69 Å². The number of ether oxygens (including phenoxy) is 1. The molecule has 0 aromatic heterocycles. The molecule has 0 saturated carbocycles. The van der Waals surface area contributed by atoms with Crippen molar-refractivity contribution in [2.24, 2.45) is 0 Å². The monoisotopic (exact) mass is 263 g/mol. The van der Waals surface area contributed by atoms with E-state index in [-0.39, 0.29) is 12.6 Å². The summed E-state index contributed by atoms with van der Waals surface area (Å²) in [6.45, 7) is 5.64. The molecule has 1 aliphatic rings. The lowest BCUT2D eigenvalue weighted by atomic mass is 9.92. The van der Waals surface area contributed by atoms with E-state index in [1.807, 2.05) is 36.9 Å². The lowest BCUT2D eigenvalue weighted by Gasteiger charge is -2.32. The second-order valence-corrected chi connectivity index (χ2v) is 5.29. The van der Waals surface area contributed by atoms with Crippen LogP contribution in [-0.2, 0) is 4.79 Å². The first-order chi connectivity index (χ1) is 9.08. The van der Waals surface area contributed by atoms with Crippen LogP contribution in [0.25, 0.3) is 0 Å². The van der Waals surface area contributed by atoms with Crippen molar-refractivity contribution in [2.75, 3.05) is 19.7 Å². The molecule has 0 radical (unpaired) electrons. The molecule has 1 aliphatic heterocycles. The number of hydrogen-bond acceptors (Lipinski definition) is 3. The van der Waals surface area contributed by atoms with Gasteiger partial charge in [0.25, 0.3) is 0 Å². The third-order valence-corrected chi connectivity index (χ3v) is 3.61. The third kappa shape index (κ3) is 3.47. The van der Waals surface area contributed by atoms with Crippen LogP contribution < -0.4 is 4.74 Å². The largest absolute Gasteiger partial charge is 0.493 e. The lowest BCUT2D eigenvalue weighted by molar-refractivity contribution is -0.138. The third-order valence-electron chi connectivity index (χ3n) is 3.61. The zero-order chi connectivity index (χ0) is 13.8. The molecule has 1 aromatic carbocycles. The first-order valence-electron chi connectivity index (χ1n) is 6.75. The first-order valence-corrected chi connectivity index (χ1v) is 6.75. The average molecular weight is 263 g/mol. The van der Waals surface area contributed by atoms with Crippen molar-refractivity contribution >= 4 is 5.97 Å². The van der Waals surface area contributed by atoms with Gasteiger partial charge in [-0.2, -0.15) is 0 Å². The van der Waals surface area contributed by atoms with Crippen LogP contribution in [-0.4, -0.2) is 41.7 Å². The van der Waals surface area contributed by atoms with Crippen molar-refractivity contribution in [1.82, 2.24) is 4.90 Å². The number of carboxylic acid groups (broad SMARTS) is 1. The summed E-state index contributed by atoms with van der Waals surface area (Å²) >= 11 is 0. The Hall–Kier alpha value is -1.55. The summed E-state index contributed by atoms with van der Waals surface area (Å²) in [5.41, 5.74) is 1.20. The van der Waals surface area contributed by atoms with E-state index in [9.17, 15) is 4.79 Å². The Balaban J connectivity index is 2.12. The second-order valence-electron chi connectivity index (χ2n) is 5.29. The Bertz CT molecular complexity index is 445. The number of fused-ring (bicyclic) bond motifs is 1. The van der Waals surface area contributed by atoms with Crippen LogP contribution in [0, 0.1) is 0 Å². The molecule has 4 heteroatoms. The molecule has 19 heavy (non-hydrogen) atoms. The number of hydrogen-bond donors (Lipinski definition) is 1. The molecule has 1 N–H and O–H groups in total. The zero-order valence-corrected chi connectivity index (χ0v) is 11.5. The summed E-state index contributed by atoms with van der Waals surface area (Å²) < 4.78 is 5.64. The highest BCUT2D eigenvalue weighted by Gasteiger charge is 2.25. The van der Waals surface area contributed by atoms with Gasteiger partial charge in [-0.15, -0.1) is 0 Å². The maximum atomic E-state index is 10.9. The summed E-state index contributed by atoms with van der Waals surface area (Å²) in [4.78, 5) is 12.9. The molecular formula is C15H21NO3. The molecule has 4 nitrogen and oxygen atoms in total. The van der Waals surface area contributed by atoms with Crippen molar-refractivity contribution in [3.05, 3.63) is 29.8 Å². The van der Waals surface area contributed by atoms with Gasteiger partial charge in [-0.25, -0.2) is 0 Å². The molecule has 1 heterocycles. The fourth-order valence-corrected chi connectivity index (χ4v) is 2.52. The van der Waals surface area contributed by atoms with E-state index in [2.05, 4.69) is 6.07 Å². The first kappa shape index (κ1) is 13.9. The Morgan fingerprint density at radius 1 is 1.47 bits per heavy atom. The van der Waals surface area contributed by atoms with Crippen molar-refractivity contribution in [2.45, 2.75) is 32.2 Å². The van der Waals surface area contributed by atoms with Crippen LogP contribution in [0.5, 0.6) is 5.75 Å². The fraction of sp³-hybridized carbons (Fsp3) is 0.533. The van der Waals surface area contributed by atoms with Gasteiger partial charge in [0, 0.05) is 18.5 Å². The summed E-state index contributed by atoms with van der Waals surface area (Å²) in [6, 6.07) is 8.28. The van der Waals surface area contributed by atoms with Crippen LogP contribution in [0.4, 0.5) is 0 Å². The minimum absolute atomic E-state index is 0.0944. The van der Waals surface area contributed by atoms with Crippen LogP contribution in [0.1, 0.15) is 31.7 Å². The van der Waals surface area contributed by atoms with Crippen molar-refractivity contribution in [3.63, 3.8) is 0 Å². The van der Waals surface area contributed by atoms with Crippen molar-refractivity contribution in [3.8, 4) is 5.75 Å². The molecule has 0 bridgehead atoms. The summed E-state index contributed by atoms with van der Waals surface area (Å²) in [7, 11) is 0. The topological polar surface area (TPSA) is 49.8 Å². The van der Waals surface area contributed by atoms with Crippen molar-refractivity contribution in [1.29, 1.82) is 0 Å². The van der Waals surface area contributed by atoms with Crippen LogP contribution in [0.2, 0.25) is 0 Å². The number of rotatable bonds is 5. The molecular weight excluding hydrogens is 242 g/mol. The molecule has 0 amide bonds. The van der Waals surface area contributed by atoms with E-state index in [1.54, 1.807) is 0 Å². The van der Waals surface area contributed by atoms with E-state index >= 15 is 0 Å². The number of aliphatic carboxylic acids is 1. The quantitative estimate of drug-likeness (QED) is 0.886. The van der Waals surface area contributed by atoms with Gasteiger partial charge < -0.3 is 9.84 Å². The molecule has 104 valence electrons. The second kappa shape index (κ2) is 6.06. The highest BCUT2D eigenvalue weighted by atomic mass is 16.5. The minimum atomic E-state index is -0.769. The minimum Gasteiger partial charge on any atom is -0.493 e. The van der Waals surface area contributed by atoms with E-state index in [0.717, 1.165) is 18.7 Å². The maximum absolute atomic E-state index is 10.9. The number of benzene rings is 1. The van der Waals surface area contributed by atoms with Gasteiger partial charge in [0.2, 0.25) is 0 Å². The molecule has 0 saturated heterocycles. The van der Waals surface area contributed by atoms with Gasteiger partial charge in [0.1, 0.15) is 5.75 Å². The number of nitrogens with zero attached hydrogens (tertiary/aromatic N) is 1. The van der Waals surface area contributed by atoms with Gasteiger partial charge in [-0.1, -0.05) is 18.2 Å². The van der Waals surface area contributed by atoms with Crippen LogP contribution >= 0.6 is 0 Å². The average Bonchev–Trinajstić information content (AvgIpc) is 2.37. The van der Waals surface area contributed by atoms with Gasteiger partial charge in [0.05, 0.1) is 13.2 Å². The molecule has 1 aromatic rings. The molecule has 0 fully saturated rings. The highest BCUT2D eigenvalue weighted by molar-refractivity contribution is 5.69. The van der Waals surface area contributed by atoms with Crippen LogP contribution in [0.15, 0.2) is 24.3 Å². The van der Waals surface area contributed by atoms with Gasteiger partial charge in [0.15, 0.2) is 0 Å². The predicted molar refractivity (Wildman–Crippen MR) is 73.6 cm³/mol. The molecule has 0 spiro atoms. The summed E-state index contributed by atoms with van der Waals surface area (Å²) in [5.74, 6) is 0.526. The Morgan fingerprint density at radius 2 is 2.21 bits per heavy atom. The molecule has 2 rings (SSSR count). The van der Waals surface area contributed by atoms with Crippen LogP contribution in [0.3, 0.4) is 0 Å². The highest BCUT2D eigenvalue weighted by Crippen LogP contribution is 2.34. The van der Waals surface area contributed by atoms with E-state index in [1.165, 1.54) is 5.56 Å². The Morgan fingerprint density at radius 3 is 2.89 bits per heavy atom. The van der Waals surface area contributed by atoms with Gasteiger partial charge in [-0.05, 0) is 31.9 Å². The maximum Gasteiger partial charge on any atom is 0.317 e. The van der Waals surface area contributed by atoms with Crippen molar-refractivity contribution < 1.29 is 14.6 Å².